The number of sulfonamides is 1. The summed E-state index contributed by atoms with van der Waals surface area (Å²) in [6.07, 6.45) is -7.31. The van der Waals surface area contributed by atoms with Gasteiger partial charge in [0.15, 0.2) is 16.7 Å². The van der Waals surface area contributed by atoms with Crippen molar-refractivity contribution in [1.82, 2.24) is 19.4 Å². The second-order valence-corrected chi connectivity index (χ2v) is 8.47. The van der Waals surface area contributed by atoms with Crippen LogP contribution in [0.5, 0.6) is 0 Å². The van der Waals surface area contributed by atoms with Crippen molar-refractivity contribution in [2.75, 3.05) is 5.43 Å². The normalized spacial score (nSPS) is 12.8. The fourth-order valence-corrected chi connectivity index (χ4v) is 3.85. The Kier molecular flexibility index (Phi) is 6.34. The van der Waals surface area contributed by atoms with E-state index in [0.717, 1.165) is 10.6 Å². The van der Waals surface area contributed by atoms with Crippen molar-refractivity contribution in [3.8, 4) is 5.82 Å². The number of hydrazine groups is 1. The van der Waals surface area contributed by atoms with Crippen LogP contribution in [0.1, 0.15) is 11.1 Å². The van der Waals surface area contributed by atoms with Gasteiger partial charge in [0.25, 0.3) is 10.0 Å². The van der Waals surface area contributed by atoms with Crippen LogP contribution in [-0.2, 0) is 22.4 Å². The molecule has 0 bridgehead atoms. The predicted octanol–water partition coefficient (Wildman–Crippen LogP) is 4.92. The Morgan fingerprint density at radius 1 is 0.906 bits per heavy atom. The van der Waals surface area contributed by atoms with Gasteiger partial charge in [-0.1, -0.05) is 23.2 Å². The highest BCUT2D eigenvalue weighted by atomic mass is 35.5. The Balaban J connectivity index is 1.87. The summed E-state index contributed by atoms with van der Waals surface area (Å²) in [4.78, 5) is 8.87. The average Bonchev–Trinajstić information content (AvgIpc) is 3.16. The van der Waals surface area contributed by atoms with Crippen LogP contribution in [-0.4, -0.2) is 23.0 Å². The molecular formula is C16H9Cl2F6N5O2S. The smallest absolute Gasteiger partial charge is 0.291 e. The van der Waals surface area contributed by atoms with Crippen LogP contribution in [0.25, 0.3) is 5.82 Å². The molecule has 7 nitrogen and oxygen atoms in total. The van der Waals surface area contributed by atoms with Crippen molar-refractivity contribution in [3.63, 3.8) is 0 Å². The van der Waals surface area contributed by atoms with Crippen molar-refractivity contribution >= 4 is 39.0 Å². The molecule has 3 aromatic rings. The van der Waals surface area contributed by atoms with Crippen LogP contribution in [0.3, 0.4) is 0 Å². The Morgan fingerprint density at radius 3 is 2.00 bits per heavy atom. The third-order valence-electron chi connectivity index (χ3n) is 3.84. The van der Waals surface area contributed by atoms with E-state index in [9.17, 15) is 34.8 Å². The largest absolute Gasteiger partial charge is 0.417 e. The van der Waals surface area contributed by atoms with Crippen LogP contribution in [0.2, 0.25) is 10.0 Å². The van der Waals surface area contributed by atoms with E-state index in [1.165, 1.54) is 12.3 Å². The molecule has 32 heavy (non-hydrogen) atoms. The molecule has 3 rings (SSSR count). The molecule has 0 amide bonds. The highest BCUT2D eigenvalue weighted by Crippen LogP contribution is 2.33. The molecule has 0 spiro atoms. The van der Waals surface area contributed by atoms with Gasteiger partial charge in [0, 0.05) is 18.6 Å². The molecule has 0 aliphatic carbocycles. The monoisotopic (exact) mass is 519 g/mol. The van der Waals surface area contributed by atoms with E-state index >= 15 is 0 Å². The van der Waals surface area contributed by atoms with E-state index in [2.05, 4.69) is 15.4 Å². The van der Waals surface area contributed by atoms with Gasteiger partial charge in [-0.25, -0.2) is 18.4 Å². The summed E-state index contributed by atoms with van der Waals surface area (Å²) >= 11 is 11.6. The highest BCUT2D eigenvalue weighted by Gasteiger charge is 2.33. The van der Waals surface area contributed by atoms with Crippen LogP contribution in [0, 0.1) is 0 Å². The molecule has 0 atom stereocenters. The van der Waals surface area contributed by atoms with Crippen LogP contribution in [0.4, 0.5) is 32.2 Å². The van der Waals surface area contributed by atoms with Gasteiger partial charge in [0.05, 0.1) is 21.2 Å². The Hall–Kier alpha value is -2.55. The van der Waals surface area contributed by atoms with Gasteiger partial charge in [-0.3, -0.25) is 9.99 Å². The summed E-state index contributed by atoms with van der Waals surface area (Å²) in [5.41, 5.74) is -0.201. The molecule has 16 heteroatoms. The molecule has 0 aromatic carbocycles. The lowest BCUT2D eigenvalue weighted by atomic mass is 10.3. The second-order valence-electron chi connectivity index (χ2n) is 6.03. The van der Waals surface area contributed by atoms with Gasteiger partial charge in [0.2, 0.25) is 0 Å². The minimum absolute atomic E-state index is 0.310. The van der Waals surface area contributed by atoms with Crippen molar-refractivity contribution in [2.45, 2.75) is 17.4 Å². The number of hydrogen-bond acceptors (Lipinski definition) is 5. The number of nitrogens with zero attached hydrogens (tertiary/aromatic N) is 3. The van der Waals surface area contributed by atoms with Crippen LogP contribution in [0.15, 0.2) is 47.9 Å². The number of rotatable bonds is 5. The fourth-order valence-electron chi connectivity index (χ4n) is 2.37. The SMILES string of the molecule is O=S(=O)(NNc1ncc(C(F)(F)F)cc1Cl)c1cccn1-c1ncc(C(F)(F)F)cc1Cl. The van der Waals surface area contributed by atoms with Gasteiger partial charge in [-0.2, -0.15) is 26.3 Å². The van der Waals surface area contributed by atoms with Gasteiger partial charge < -0.3 is 0 Å². The second kappa shape index (κ2) is 8.42. The summed E-state index contributed by atoms with van der Waals surface area (Å²) in [7, 11) is -4.44. The van der Waals surface area contributed by atoms with Gasteiger partial charge in [-0.05, 0) is 24.3 Å². The Labute approximate surface area is 186 Å². The average molecular weight is 520 g/mol. The molecule has 0 fully saturated rings. The number of pyridine rings is 2. The van der Waals surface area contributed by atoms with Crippen molar-refractivity contribution in [1.29, 1.82) is 0 Å². The van der Waals surface area contributed by atoms with Crippen molar-refractivity contribution < 1.29 is 34.8 Å². The first-order chi connectivity index (χ1) is 14.7. The highest BCUT2D eigenvalue weighted by molar-refractivity contribution is 7.89. The first-order valence-electron chi connectivity index (χ1n) is 8.11. The number of anilines is 1. The number of halogens is 8. The molecule has 3 aromatic heterocycles. The van der Waals surface area contributed by atoms with Crippen LogP contribution < -0.4 is 10.3 Å². The molecule has 0 saturated heterocycles. The summed E-state index contributed by atoms with van der Waals surface area (Å²) < 4.78 is 103. The zero-order valence-corrected chi connectivity index (χ0v) is 17.5. The zero-order valence-electron chi connectivity index (χ0n) is 15.1. The van der Waals surface area contributed by atoms with E-state index in [-0.39, 0.29) is 5.82 Å². The number of aromatic nitrogens is 3. The lowest BCUT2D eigenvalue weighted by Crippen LogP contribution is -2.31. The molecule has 0 aliphatic heterocycles. The maximum Gasteiger partial charge on any atom is 0.417 e. The van der Waals surface area contributed by atoms with E-state index in [1.807, 2.05) is 4.83 Å². The van der Waals surface area contributed by atoms with E-state index < -0.39 is 54.4 Å². The maximum atomic E-state index is 12.8. The number of alkyl halides is 6. The molecule has 2 N–H and O–H groups in total. The third kappa shape index (κ3) is 5.09. The molecule has 0 radical (unpaired) electrons. The minimum Gasteiger partial charge on any atom is -0.291 e. The molecule has 0 unspecified atom stereocenters. The predicted molar refractivity (Wildman–Crippen MR) is 102 cm³/mol. The number of hydrogen-bond donors (Lipinski definition) is 2. The summed E-state index contributed by atoms with van der Waals surface area (Å²) in [6.45, 7) is 0. The molecule has 0 aliphatic rings. The maximum absolute atomic E-state index is 12.8. The van der Waals surface area contributed by atoms with E-state index in [1.54, 1.807) is 0 Å². The topological polar surface area (TPSA) is 88.9 Å². The molecule has 3 heterocycles. The first-order valence-corrected chi connectivity index (χ1v) is 10.3. The minimum atomic E-state index is -4.71. The summed E-state index contributed by atoms with van der Waals surface area (Å²) in [6, 6.07) is 3.46. The van der Waals surface area contributed by atoms with Crippen molar-refractivity contribution in [3.05, 3.63) is 64.0 Å². The first kappa shape index (κ1) is 24.1. The summed E-state index contributed by atoms with van der Waals surface area (Å²) in [5.74, 6) is -0.734. The van der Waals surface area contributed by atoms with E-state index in [0.29, 0.717) is 24.5 Å². The zero-order chi connectivity index (χ0) is 23.9. The standard InChI is InChI=1S/C16H9Cl2F6N5O2S/c17-10-4-8(15(19,20)21)6-25-13(10)27-28-32(30,31)12-2-1-3-29(12)14-11(18)5-9(7-26-14)16(22,23)24/h1-7,28H,(H,25,27). The van der Waals surface area contributed by atoms with Gasteiger partial charge in [-0.15, -0.1) is 4.83 Å². The lowest BCUT2D eigenvalue weighted by molar-refractivity contribution is -0.138. The summed E-state index contributed by atoms with van der Waals surface area (Å²) in [5, 5.41) is -1.50. The molecular weight excluding hydrogens is 511 g/mol. The van der Waals surface area contributed by atoms with Gasteiger partial charge >= 0.3 is 12.4 Å². The Morgan fingerprint density at radius 2 is 1.47 bits per heavy atom. The molecule has 172 valence electrons. The molecule has 0 saturated carbocycles. The van der Waals surface area contributed by atoms with E-state index in [4.69, 9.17) is 23.2 Å². The third-order valence-corrected chi connectivity index (χ3v) is 5.66. The van der Waals surface area contributed by atoms with Crippen molar-refractivity contribution in [2.24, 2.45) is 0 Å². The fraction of sp³-hybridized carbons (Fsp3) is 0.125. The quantitative estimate of drug-likeness (QED) is 0.369. The number of nitrogens with one attached hydrogen (secondary N) is 2. The lowest BCUT2D eigenvalue weighted by Gasteiger charge is -2.14. The van der Waals surface area contributed by atoms with Gasteiger partial charge in [0.1, 0.15) is 0 Å². The van der Waals surface area contributed by atoms with Crippen LogP contribution >= 0.6 is 23.2 Å². The Bertz CT molecular complexity index is 1260.